The number of aromatic nitrogens is 5. The van der Waals surface area contributed by atoms with E-state index >= 15 is 0 Å². The van der Waals surface area contributed by atoms with Crippen LogP contribution in [-0.2, 0) is 0 Å². The van der Waals surface area contributed by atoms with Gasteiger partial charge in [0.25, 0.3) is 6.01 Å². The lowest BCUT2D eigenvalue weighted by molar-refractivity contribution is 0.365. The summed E-state index contributed by atoms with van der Waals surface area (Å²) in [7, 11) is 0. The van der Waals surface area contributed by atoms with Crippen molar-refractivity contribution in [1.29, 1.82) is 0 Å². The van der Waals surface area contributed by atoms with Crippen molar-refractivity contribution in [2.75, 3.05) is 23.7 Å². The largest absolute Gasteiger partial charge is 0.424 e. The number of hydrogen-bond donors (Lipinski definition) is 1. The Morgan fingerprint density at radius 1 is 0.938 bits per heavy atom. The molecule has 6 rings (SSSR count). The Balaban J connectivity index is 0.00000105. The number of rotatable bonds is 3. The van der Waals surface area contributed by atoms with Gasteiger partial charge in [-0.3, -0.25) is 9.67 Å². The third-order valence-electron chi connectivity index (χ3n) is 5.57. The summed E-state index contributed by atoms with van der Waals surface area (Å²) in [4.78, 5) is 15.9. The SMILES string of the molecule is CC.Cc1ccn(C2CN(c3cnc4ccc(-c5ccc6oc(N)nc6c5)cc4n3)C2)n1. The molecule has 0 bridgehead atoms. The molecular weight excluding hydrogens is 402 g/mol. The Kier molecular flexibility index (Phi) is 4.97. The van der Waals surface area contributed by atoms with Gasteiger partial charge >= 0.3 is 0 Å². The fourth-order valence-corrected chi connectivity index (χ4v) is 3.90. The van der Waals surface area contributed by atoms with E-state index in [1.54, 1.807) is 0 Å². The predicted molar refractivity (Wildman–Crippen MR) is 127 cm³/mol. The van der Waals surface area contributed by atoms with Crippen LogP contribution in [0.4, 0.5) is 11.8 Å². The molecule has 0 atom stereocenters. The number of benzene rings is 2. The predicted octanol–water partition coefficient (Wildman–Crippen LogP) is 4.61. The van der Waals surface area contributed by atoms with Crippen molar-refractivity contribution in [3.63, 3.8) is 0 Å². The van der Waals surface area contributed by atoms with Crippen LogP contribution >= 0.6 is 0 Å². The molecule has 8 nitrogen and oxygen atoms in total. The topological polar surface area (TPSA) is 98.9 Å². The Morgan fingerprint density at radius 3 is 2.44 bits per heavy atom. The number of oxazole rings is 1. The molecule has 1 aliphatic rings. The Hall–Kier alpha value is -3.94. The van der Waals surface area contributed by atoms with Crippen molar-refractivity contribution in [1.82, 2.24) is 24.7 Å². The number of aryl methyl sites for hydroxylation is 1. The third-order valence-corrected chi connectivity index (χ3v) is 5.57. The number of nitrogens with two attached hydrogens (primary N) is 1. The van der Waals surface area contributed by atoms with Crippen LogP contribution in [0.2, 0.25) is 0 Å². The summed E-state index contributed by atoms with van der Waals surface area (Å²) in [5.74, 6) is 0.888. The van der Waals surface area contributed by atoms with E-state index in [1.165, 1.54) is 0 Å². The van der Waals surface area contributed by atoms with E-state index in [0.29, 0.717) is 11.6 Å². The summed E-state index contributed by atoms with van der Waals surface area (Å²) in [6, 6.07) is 14.5. The minimum absolute atomic E-state index is 0.175. The molecule has 32 heavy (non-hydrogen) atoms. The zero-order valence-electron chi connectivity index (χ0n) is 18.4. The highest BCUT2D eigenvalue weighted by Crippen LogP contribution is 2.30. The highest BCUT2D eigenvalue weighted by atomic mass is 16.4. The smallest absolute Gasteiger partial charge is 0.292 e. The fourth-order valence-electron chi connectivity index (χ4n) is 3.90. The average Bonchev–Trinajstić information content (AvgIpc) is 3.37. The van der Waals surface area contributed by atoms with E-state index in [9.17, 15) is 0 Å². The second-order valence-electron chi connectivity index (χ2n) is 7.66. The summed E-state index contributed by atoms with van der Waals surface area (Å²) in [6.45, 7) is 7.77. The van der Waals surface area contributed by atoms with Gasteiger partial charge in [-0.2, -0.15) is 10.1 Å². The van der Waals surface area contributed by atoms with Crippen molar-refractivity contribution in [2.24, 2.45) is 0 Å². The molecule has 0 radical (unpaired) electrons. The zero-order chi connectivity index (χ0) is 22.2. The molecule has 5 aromatic rings. The van der Waals surface area contributed by atoms with Crippen LogP contribution in [-0.4, -0.2) is 37.8 Å². The number of nitrogens with zero attached hydrogens (tertiary/aromatic N) is 6. The van der Waals surface area contributed by atoms with Gasteiger partial charge in [0, 0.05) is 19.3 Å². The average molecular weight is 428 g/mol. The van der Waals surface area contributed by atoms with Gasteiger partial charge in [0.05, 0.1) is 29.0 Å². The summed E-state index contributed by atoms with van der Waals surface area (Å²) in [5.41, 5.74) is 11.9. The molecule has 0 spiro atoms. The van der Waals surface area contributed by atoms with E-state index in [-0.39, 0.29) is 6.01 Å². The molecule has 8 heteroatoms. The first kappa shape index (κ1) is 20.0. The van der Waals surface area contributed by atoms with Crippen LogP contribution in [0.1, 0.15) is 25.6 Å². The quantitative estimate of drug-likeness (QED) is 0.449. The number of nitrogen functional groups attached to an aromatic ring is 1. The molecule has 0 aliphatic carbocycles. The summed E-state index contributed by atoms with van der Waals surface area (Å²) < 4.78 is 7.40. The first-order valence-corrected chi connectivity index (χ1v) is 10.8. The molecule has 1 aliphatic heterocycles. The molecule has 0 amide bonds. The van der Waals surface area contributed by atoms with Gasteiger partial charge in [-0.05, 0) is 48.4 Å². The van der Waals surface area contributed by atoms with Crippen molar-refractivity contribution in [2.45, 2.75) is 26.8 Å². The number of hydrogen-bond acceptors (Lipinski definition) is 7. The maximum absolute atomic E-state index is 5.66. The van der Waals surface area contributed by atoms with Gasteiger partial charge in [-0.15, -0.1) is 0 Å². The van der Waals surface area contributed by atoms with E-state index in [1.807, 2.05) is 74.2 Å². The first-order chi connectivity index (χ1) is 15.6. The lowest BCUT2D eigenvalue weighted by atomic mass is 10.0. The fraction of sp³-hybridized carbons (Fsp3) is 0.250. The molecule has 2 N–H and O–H groups in total. The lowest BCUT2D eigenvalue weighted by Crippen LogP contribution is -2.48. The highest BCUT2D eigenvalue weighted by Gasteiger charge is 2.30. The van der Waals surface area contributed by atoms with Gasteiger partial charge in [0.15, 0.2) is 5.58 Å². The molecule has 0 unspecified atom stereocenters. The van der Waals surface area contributed by atoms with Crippen molar-refractivity contribution in [3.8, 4) is 11.1 Å². The molecule has 4 heterocycles. The monoisotopic (exact) mass is 427 g/mol. The molecule has 0 saturated carbocycles. The maximum Gasteiger partial charge on any atom is 0.292 e. The zero-order valence-corrected chi connectivity index (χ0v) is 18.4. The molecule has 1 saturated heterocycles. The van der Waals surface area contributed by atoms with E-state index in [0.717, 1.165) is 52.3 Å². The van der Waals surface area contributed by atoms with Crippen LogP contribution < -0.4 is 10.6 Å². The normalized spacial score (nSPS) is 13.8. The summed E-state index contributed by atoms with van der Waals surface area (Å²) in [5, 5.41) is 4.51. The van der Waals surface area contributed by atoms with E-state index in [4.69, 9.17) is 15.1 Å². The Labute approximate surface area is 185 Å². The first-order valence-electron chi connectivity index (χ1n) is 10.8. The standard InChI is InChI=1S/C22H19N7O.C2H6/c1-13-6-7-29(27-13)16-11-28(12-16)21-10-24-17-4-2-14(8-18(17)25-21)15-3-5-20-19(9-15)26-22(23)30-20;1-2/h2-10,16H,11-12H2,1H3,(H2,23,26);1-2H3. The van der Waals surface area contributed by atoms with Crippen molar-refractivity contribution < 1.29 is 4.42 Å². The summed E-state index contributed by atoms with van der Waals surface area (Å²) in [6.07, 6.45) is 3.88. The van der Waals surface area contributed by atoms with Crippen molar-refractivity contribution >= 4 is 34.0 Å². The second kappa shape index (κ2) is 7.96. The van der Waals surface area contributed by atoms with E-state index < -0.39 is 0 Å². The minimum Gasteiger partial charge on any atom is -0.424 e. The Morgan fingerprint density at radius 2 is 1.69 bits per heavy atom. The van der Waals surface area contributed by atoms with Crippen molar-refractivity contribution in [3.05, 3.63) is 60.6 Å². The van der Waals surface area contributed by atoms with Crippen LogP contribution in [0.5, 0.6) is 0 Å². The van der Waals surface area contributed by atoms with Crippen LogP contribution in [0.3, 0.4) is 0 Å². The van der Waals surface area contributed by atoms with Crippen LogP contribution in [0.15, 0.2) is 59.3 Å². The molecule has 162 valence electrons. The Bertz CT molecular complexity index is 1400. The van der Waals surface area contributed by atoms with Gasteiger partial charge in [-0.25, -0.2) is 4.98 Å². The van der Waals surface area contributed by atoms with E-state index in [2.05, 4.69) is 26.0 Å². The molecule has 3 aromatic heterocycles. The lowest BCUT2D eigenvalue weighted by Gasteiger charge is -2.39. The molecule has 1 fully saturated rings. The molecular formula is C24H25N7O. The van der Waals surface area contributed by atoms with Gasteiger partial charge < -0.3 is 15.1 Å². The van der Waals surface area contributed by atoms with Crippen LogP contribution in [0.25, 0.3) is 33.3 Å². The summed E-state index contributed by atoms with van der Waals surface area (Å²) >= 11 is 0. The third kappa shape index (κ3) is 3.53. The van der Waals surface area contributed by atoms with Crippen LogP contribution in [0, 0.1) is 6.92 Å². The van der Waals surface area contributed by atoms with Gasteiger partial charge in [0.2, 0.25) is 0 Å². The second-order valence-corrected chi connectivity index (χ2v) is 7.66. The van der Waals surface area contributed by atoms with Gasteiger partial charge in [0.1, 0.15) is 11.3 Å². The maximum atomic E-state index is 5.66. The van der Waals surface area contributed by atoms with Gasteiger partial charge in [-0.1, -0.05) is 26.0 Å². The number of fused-ring (bicyclic) bond motifs is 2. The minimum atomic E-state index is 0.175. The number of anilines is 2. The molecule has 2 aromatic carbocycles. The highest BCUT2D eigenvalue weighted by molar-refractivity contribution is 5.86.